The molecule has 0 aliphatic heterocycles. The molecule has 0 radical (unpaired) electrons. The lowest BCUT2D eigenvalue weighted by molar-refractivity contribution is 0.102. The summed E-state index contributed by atoms with van der Waals surface area (Å²) in [6, 6.07) is 12.1. The van der Waals surface area contributed by atoms with Crippen LogP contribution in [0.25, 0.3) is 0 Å². The van der Waals surface area contributed by atoms with Gasteiger partial charge in [-0.3, -0.25) is 4.79 Å². The molecule has 2 rings (SSSR count). The number of rotatable bonds is 4. The van der Waals surface area contributed by atoms with Crippen LogP contribution in [-0.2, 0) is 9.84 Å². The number of carbonyl (C=O) groups excluding carboxylic acids is 1. The summed E-state index contributed by atoms with van der Waals surface area (Å²) in [5.74, 6) is -0.876. The monoisotopic (exact) mass is 302 g/mol. The molecule has 110 valence electrons. The van der Waals surface area contributed by atoms with Crippen molar-refractivity contribution in [3.8, 4) is 0 Å². The summed E-state index contributed by atoms with van der Waals surface area (Å²) in [5.41, 5.74) is 3.04. The Hall–Kier alpha value is -1.94. The molecule has 21 heavy (non-hydrogen) atoms. The Labute approximate surface area is 125 Å². The first-order chi connectivity index (χ1) is 9.79. The maximum absolute atomic E-state index is 12.4. The molecule has 0 aliphatic rings. The molecule has 0 unspecified atom stereocenters. The second-order valence-corrected chi connectivity index (χ2v) is 7.28. The van der Waals surface area contributed by atoms with Crippen LogP contribution in [0.2, 0.25) is 0 Å². The second-order valence-electron chi connectivity index (χ2n) is 5.32. The zero-order valence-electron chi connectivity index (χ0n) is 12.4. The van der Waals surface area contributed by atoms with E-state index in [0.717, 1.165) is 11.1 Å². The molecule has 0 saturated heterocycles. The number of Topliss-reactive ketones (excluding diaryl/α,β-unsaturated/α-hetero) is 1. The van der Waals surface area contributed by atoms with Crippen molar-refractivity contribution in [1.29, 1.82) is 0 Å². The van der Waals surface area contributed by atoms with Crippen molar-refractivity contribution in [2.75, 3.05) is 5.75 Å². The van der Waals surface area contributed by atoms with E-state index >= 15 is 0 Å². The molecule has 0 amide bonds. The predicted octanol–water partition coefficient (Wildman–Crippen LogP) is 3.27. The van der Waals surface area contributed by atoms with E-state index in [0.29, 0.717) is 11.1 Å². The van der Waals surface area contributed by atoms with Crippen molar-refractivity contribution < 1.29 is 13.2 Å². The van der Waals surface area contributed by atoms with Gasteiger partial charge >= 0.3 is 0 Å². The normalized spacial score (nSPS) is 11.4. The van der Waals surface area contributed by atoms with Gasteiger partial charge in [0.1, 0.15) is 5.75 Å². The number of hydrogen-bond donors (Lipinski definition) is 0. The first-order valence-corrected chi connectivity index (χ1v) is 8.35. The van der Waals surface area contributed by atoms with Crippen LogP contribution in [0, 0.1) is 20.8 Å². The van der Waals surface area contributed by atoms with Crippen LogP contribution < -0.4 is 0 Å². The highest BCUT2D eigenvalue weighted by Gasteiger charge is 2.22. The Morgan fingerprint density at radius 3 is 2.24 bits per heavy atom. The zero-order valence-corrected chi connectivity index (χ0v) is 13.2. The molecule has 0 aromatic heterocycles. The Morgan fingerprint density at radius 2 is 1.62 bits per heavy atom. The van der Waals surface area contributed by atoms with E-state index in [1.54, 1.807) is 37.3 Å². The highest BCUT2D eigenvalue weighted by Crippen LogP contribution is 2.19. The number of benzene rings is 2. The van der Waals surface area contributed by atoms with Gasteiger partial charge in [-0.1, -0.05) is 41.5 Å². The fourth-order valence-corrected chi connectivity index (χ4v) is 3.79. The quantitative estimate of drug-likeness (QED) is 0.815. The van der Waals surface area contributed by atoms with E-state index in [9.17, 15) is 13.2 Å². The zero-order chi connectivity index (χ0) is 15.6. The maximum atomic E-state index is 12.4. The third-order valence-electron chi connectivity index (χ3n) is 3.33. The predicted molar refractivity (Wildman–Crippen MR) is 83.5 cm³/mol. The lowest BCUT2D eigenvalue weighted by Gasteiger charge is -2.08. The van der Waals surface area contributed by atoms with E-state index in [4.69, 9.17) is 0 Å². The van der Waals surface area contributed by atoms with Crippen molar-refractivity contribution in [3.05, 3.63) is 64.7 Å². The molecule has 0 spiro atoms. The minimum absolute atomic E-state index is 0.231. The molecule has 0 heterocycles. The molecular formula is C17H18O3S. The molecule has 2 aromatic carbocycles. The van der Waals surface area contributed by atoms with Gasteiger partial charge in [-0.15, -0.1) is 0 Å². The number of carbonyl (C=O) groups is 1. The maximum Gasteiger partial charge on any atom is 0.186 e. The minimum atomic E-state index is -3.62. The van der Waals surface area contributed by atoms with Crippen molar-refractivity contribution in [1.82, 2.24) is 0 Å². The highest BCUT2D eigenvalue weighted by atomic mass is 32.2. The van der Waals surface area contributed by atoms with Crippen LogP contribution >= 0.6 is 0 Å². The lowest BCUT2D eigenvalue weighted by atomic mass is 10.1. The van der Waals surface area contributed by atoms with Crippen LogP contribution in [0.15, 0.2) is 47.4 Å². The Kier molecular flexibility index (Phi) is 4.28. The van der Waals surface area contributed by atoms with Crippen LogP contribution in [0.4, 0.5) is 0 Å². The van der Waals surface area contributed by atoms with Gasteiger partial charge in [-0.2, -0.15) is 0 Å². The van der Waals surface area contributed by atoms with Gasteiger partial charge in [-0.05, 0) is 38.5 Å². The molecule has 0 bridgehead atoms. The van der Waals surface area contributed by atoms with Crippen LogP contribution in [0.3, 0.4) is 0 Å². The molecule has 3 nitrogen and oxygen atoms in total. The SMILES string of the molecule is Cc1cccc(C(=O)CS(=O)(=O)c2ccc(C)cc2C)c1. The number of ketones is 1. The molecule has 0 aliphatic carbocycles. The molecule has 2 aromatic rings. The van der Waals surface area contributed by atoms with Gasteiger partial charge in [0.2, 0.25) is 0 Å². The Balaban J connectivity index is 2.31. The van der Waals surface area contributed by atoms with Gasteiger partial charge in [0, 0.05) is 5.56 Å². The minimum Gasteiger partial charge on any atom is -0.293 e. The number of aryl methyl sites for hydroxylation is 3. The summed E-state index contributed by atoms with van der Waals surface area (Å²) in [6.07, 6.45) is 0. The van der Waals surface area contributed by atoms with Crippen LogP contribution in [0.5, 0.6) is 0 Å². The van der Waals surface area contributed by atoms with Crippen molar-refractivity contribution in [2.24, 2.45) is 0 Å². The Morgan fingerprint density at radius 1 is 0.952 bits per heavy atom. The first-order valence-electron chi connectivity index (χ1n) is 6.69. The summed E-state index contributed by atoms with van der Waals surface area (Å²) in [5, 5.41) is 0. The van der Waals surface area contributed by atoms with E-state index in [1.165, 1.54) is 0 Å². The van der Waals surface area contributed by atoms with Gasteiger partial charge < -0.3 is 0 Å². The van der Waals surface area contributed by atoms with Gasteiger partial charge in [-0.25, -0.2) is 8.42 Å². The Bertz CT molecular complexity index is 789. The summed E-state index contributed by atoms with van der Waals surface area (Å²) >= 11 is 0. The van der Waals surface area contributed by atoms with E-state index < -0.39 is 15.6 Å². The average molecular weight is 302 g/mol. The fraction of sp³-hybridized carbons (Fsp3) is 0.235. The van der Waals surface area contributed by atoms with Gasteiger partial charge in [0.05, 0.1) is 4.90 Å². The van der Waals surface area contributed by atoms with E-state index in [2.05, 4.69) is 0 Å². The molecule has 0 N–H and O–H groups in total. The van der Waals surface area contributed by atoms with E-state index in [1.807, 2.05) is 26.0 Å². The van der Waals surface area contributed by atoms with Crippen LogP contribution in [-0.4, -0.2) is 20.0 Å². The van der Waals surface area contributed by atoms with Crippen molar-refractivity contribution in [3.63, 3.8) is 0 Å². The standard InChI is InChI=1S/C17H18O3S/c1-12-5-4-6-15(10-12)16(18)11-21(19,20)17-8-7-13(2)9-14(17)3/h4-10H,11H2,1-3H3. The molecule has 0 saturated carbocycles. The highest BCUT2D eigenvalue weighted by molar-refractivity contribution is 7.92. The summed E-state index contributed by atoms with van der Waals surface area (Å²) < 4.78 is 24.8. The van der Waals surface area contributed by atoms with Crippen molar-refractivity contribution >= 4 is 15.6 Å². The van der Waals surface area contributed by atoms with Crippen LogP contribution in [0.1, 0.15) is 27.0 Å². The summed E-state index contributed by atoms with van der Waals surface area (Å²) in [4.78, 5) is 12.4. The summed E-state index contributed by atoms with van der Waals surface area (Å²) in [7, 11) is -3.62. The summed E-state index contributed by atoms with van der Waals surface area (Å²) in [6.45, 7) is 5.52. The molecule has 0 fully saturated rings. The first kappa shape index (κ1) is 15.4. The third-order valence-corrected chi connectivity index (χ3v) is 5.10. The molecular weight excluding hydrogens is 284 g/mol. The van der Waals surface area contributed by atoms with Gasteiger partial charge in [0.15, 0.2) is 15.6 Å². The van der Waals surface area contributed by atoms with E-state index in [-0.39, 0.29) is 10.7 Å². The lowest BCUT2D eigenvalue weighted by Crippen LogP contribution is -2.17. The third kappa shape index (κ3) is 3.58. The topological polar surface area (TPSA) is 51.2 Å². The number of sulfone groups is 1. The second kappa shape index (κ2) is 5.82. The number of hydrogen-bond acceptors (Lipinski definition) is 3. The molecule has 4 heteroatoms. The largest absolute Gasteiger partial charge is 0.293 e. The smallest absolute Gasteiger partial charge is 0.186 e. The fourth-order valence-electron chi connectivity index (χ4n) is 2.30. The molecule has 0 atom stereocenters. The van der Waals surface area contributed by atoms with Gasteiger partial charge in [0.25, 0.3) is 0 Å². The van der Waals surface area contributed by atoms with Crippen molar-refractivity contribution in [2.45, 2.75) is 25.7 Å². The average Bonchev–Trinajstić information content (AvgIpc) is 2.37.